The number of para-hydroxylation sites is 1. The van der Waals surface area contributed by atoms with E-state index < -0.39 is 10.0 Å². The fraction of sp³-hybridized carbons (Fsp3) is 0.385. The third-order valence-electron chi connectivity index (χ3n) is 6.39. The average molecular weight is 481 g/mol. The molecule has 4 rings (SSSR count). The molecular formula is C26H32N4O3S. The van der Waals surface area contributed by atoms with Gasteiger partial charge in [0.05, 0.1) is 17.4 Å². The van der Waals surface area contributed by atoms with Gasteiger partial charge < -0.3 is 9.88 Å². The van der Waals surface area contributed by atoms with Crippen LogP contribution in [0.1, 0.15) is 36.2 Å². The van der Waals surface area contributed by atoms with Gasteiger partial charge in [-0.1, -0.05) is 48.5 Å². The highest BCUT2D eigenvalue weighted by molar-refractivity contribution is 7.89. The van der Waals surface area contributed by atoms with Crippen molar-refractivity contribution in [3.63, 3.8) is 0 Å². The fourth-order valence-corrected chi connectivity index (χ4v) is 6.08. The van der Waals surface area contributed by atoms with E-state index in [9.17, 15) is 13.2 Å². The summed E-state index contributed by atoms with van der Waals surface area (Å²) in [5.41, 5.74) is 3.10. The number of nitrogens with zero attached hydrogens (tertiary/aromatic N) is 3. The Balaban J connectivity index is 1.33. The minimum Gasteiger partial charge on any atom is -0.352 e. The van der Waals surface area contributed by atoms with Crippen molar-refractivity contribution in [2.24, 2.45) is 5.92 Å². The van der Waals surface area contributed by atoms with E-state index in [0.29, 0.717) is 32.4 Å². The molecule has 0 bridgehead atoms. The maximum Gasteiger partial charge on any atom is 0.224 e. The van der Waals surface area contributed by atoms with Gasteiger partial charge in [-0.3, -0.25) is 4.79 Å². The SMILES string of the molecule is Cc1nccn1-c1ccccc1CNC(=O)[C@H]1CCCN(S(=O)(=O)CCCc2ccccc2)C1. The Hall–Kier alpha value is -2.97. The number of nitrogens with one attached hydrogen (secondary N) is 1. The summed E-state index contributed by atoms with van der Waals surface area (Å²) in [6.07, 6.45) is 6.35. The molecule has 2 heterocycles. The number of amides is 1. The molecular weight excluding hydrogens is 448 g/mol. The van der Waals surface area contributed by atoms with E-state index in [1.807, 2.05) is 72.3 Å². The van der Waals surface area contributed by atoms with Gasteiger partial charge in [-0.05, 0) is 49.8 Å². The minimum atomic E-state index is -3.39. The van der Waals surface area contributed by atoms with Crippen molar-refractivity contribution in [2.45, 2.75) is 39.2 Å². The monoisotopic (exact) mass is 480 g/mol. The van der Waals surface area contributed by atoms with Crippen molar-refractivity contribution in [1.29, 1.82) is 0 Å². The Bertz CT molecular complexity index is 1210. The summed E-state index contributed by atoms with van der Waals surface area (Å²) in [4.78, 5) is 17.2. The minimum absolute atomic E-state index is 0.0960. The van der Waals surface area contributed by atoms with Crippen LogP contribution in [0.3, 0.4) is 0 Å². The van der Waals surface area contributed by atoms with Crippen molar-refractivity contribution >= 4 is 15.9 Å². The number of aromatic nitrogens is 2. The molecule has 8 heteroatoms. The summed E-state index contributed by atoms with van der Waals surface area (Å²) < 4.78 is 29.3. The van der Waals surface area contributed by atoms with Gasteiger partial charge in [0.1, 0.15) is 5.82 Å². The molecule has 2 aromatic carbocycles. The predicted molar refractivity (Wildman–Crippen MR) is 133 cm³/mol. The molecule has 0 radical (unpaired) electrons. The van der Waals surface area contributed by atoms with Crippen molar-refractivity contribution in [2.75, 3.05) is 18.8 Å². The number of benzene rings is 2. The number of sulfonamides is 1. The first kappa shape index (κ1) is 24.2. The van der Waals surface area contributed by atoms with Gasteiger partial charge in [0.2, 0.25) is 15.9 Å². The van der Waals surface area contributed by atoms with Crippen LogP contribution >= 0.6 is 0 Å². The second kappa shape index (κ2) is 11.0. The lowest BCUT2D eigenvalue weighted by atomic mass is 9.98. The lowest BCUT2D eigenvalue weighted by molar-refractivity contribution is -0.126. The van der Waals surface area contributed by atoms with E-state index in [4.69, 9.17) is 0 Å². The first-order chi connectivity index (χ1) is 16.4. The molecule has 0 unspecified atom stereocenters. The topological polar surface area (TPSA) is 84.3 Å². The maximum absolute atomic E-state index is 13.0. The number of carbonyl (C=O) groups is 1. The Labute approximate surface area is 201 Å². The van der Waals surface area contributed by atoms with Gasteiger partial charge in [-0.15, -0.1) is 0 Å². The van der Waals surface area contributed by atoms with Crippen LogP contribution in [0.15, 0.2) is 67.0 Å². The zero-order valence-electron chi connectivity index (χ0n) is 19.6. The molecule has 1 N–H and O–H groups in total. The third kappa shape index (κ3) is 5.93. The highest BCUT2D eigenvalue weighted by Gasteiger charge is 2.32. The van der Waals surface area contributed by atoms with Crippen LogP contribution in [0.2, 0.25) is 0 Å². The van der Waals surface area contributed by atoms with Crippen LogP contribution < -0.4 is 5.32 Å². The number of rotatable bonds is 9. The van der Waals surface area contributed by atoms with Gasteiger partial charge in [0, 0.05) is 32.0 Å². The summed E-state index contributed by atoms with van der Waals surface area (Å²) in [6, 6.07) is 17.8. The average Bonchev–Trinajstić information content (AvgIpc) is 3.29. The first-order valence-electron chi connectivity index (χ1n) is 11.8. The lowest BCUT2D eigenvalue weighted by Crippen LogP contribution is -2.46. The molecule has 0 aliphatic carbocycles. The molecule has 1 aliphatic heterocycles. The number of hydrogen-bond donors (Lipinski definition) is 1. The summed E-state index contributed by atoms with van der Waals surface area (Å²) in [6.45, 7) is 3.06. The molecule has 1 aliphatic rings. The van der Waals surface area contributed by atoms with Crippen LogP contribution in [-0.2, 0) is 27.8 Å². The van der Waals surface area contributed by atoms with Gasteiger partial charge in [-0.25, -0.2) is 17.7 Å². The second-order valence-electron chi connectivity index (χ2n) is 8.79. The van der Waals surface area contributed by atoms with Gasteiger partial charge in [0.15, 0.2) is 0 Å². The molecule has 1 aromatic heterocycles. The van der Waals surface area contributed by atoms with E-state index in [0.717, 1.165) is 29.1 Å². The zero-order chi connectivity index (χ0) is 24.0. The first-order valence-corrected chi connectivity index (χ1v) is 13.4. The summed E-state index contributed by atoms with van der Waals surface area (Å²) in [5, 5.41) is 3.03. The quantitative estimate of drug-likeness (QED) is 0.508. The third-order valence-corrected chi connectivity index (χ3v) is 8.31. The smallest absolute Gasteiger partial charge is 0.224 e. The number of hydrogen-bond acceptors (Lipinski definition) is 4. The van der Waals surface area contributed by atoms with Crippen LogP contribution in [0.5, 0.6) is 0 Å². The van der Waals surface area contributed by atoms with E-state index in [1.54, 1.807) is 6.20 Å². The Morgan fingerprint density at radius 1 is 1.12 bits per heavy atom. The molecule has 1 saturated heterocycles. The molecule has 180 valence electrons. The van der Waals surface area contributed by atoms with Crippen LogP contribution in [0.4, 0.5) is 0 Å². The Morgan fingerprint density at radius 3 is 2.65 bits per heavy atom. The Morgan fingerprint density at radius 2 is 1.88 bits per heavy atom. The number of carbonyl (C=O) groups excluding carboxylic acids is 1. The molecule has 1 amide bonds. The van der Waals surface area contributed by atoms with Gasteiger partial charge >= 0.3 is 0 Å². The van der Waals surface area contributed by atoms with Crippen molar-refractivity contribution in [1.82, 2.24) is 19.2 Å². The highest BCUT2D eigenvalue weighted by Crippen LogP contribution is 2.21. The van der Waals surface area contributed by atoms with E-state index in [1.165, 1.54) is 4.31 Å². The van der Waals surface area contributed by atoms with E-state index >= 15 is 0 Å². The molecule has 34 heavy (non-hydrogen) atoms. The normalized spacial score (nSPS) is 16.9. The molecule has 0 spiro atoms. The molecule has 7 nitrogen and oxygen atoms in total. The van der Waals surface area contributed by atoms with Crippen molar-refractivity contribution in [3.05, 3.63) is 83.9 Å². The summed E-state index contributed by atoms with van der Waals surface area (Å²) in [5.74, 6) is 0.550. The number of aryl methyl sites for hydroxylation is 2. The van der Waals surface area contributed by atoms with Gasteiger partial charge in [-0.2, -0.15) is 0 Å². The number of piperidine rings is 1. The number of imidazole rings is 1. The predicted octanol–water partition coefficient (Wildman–Crippen LogP) is 3.47. The summed E-state index contributed by atoms with van der Waals surface area (Å²) >= 11 is 0. The second-order valence-corrected chi connectivity index (χ2v) is 10.9. The molecule has 1 fully saturated rings. The maximum atomic E-state index is 13.0. The van der Waals surface area contributed by atoms with E-state index in [2.05, 4.69) is 10.3 Å². The van der Waals surface area contributed by atoms with Crippen LogP contribution in [-0.4, -0.2) is 47.0 Å². The fourth-order valence-electron chi connectivity index (χ4n) is 4.50. The van der Waals surface area contributed by atoms with Crippen LogP contribution in [0, 0.1) is 12.8 Å². The van der Waals surface area contributed by atoms with Crippen LogP contribution in [0.25, 0.3) is 5.69 Å². The van der Waals surface area contributed by atoms with E-state index in [-0.39, 0.29) is 24.1 Å². The van der Waals surface area contributed by atoms with Crippen molar-refractivity contribution in [3.8, 4) is 5.69 Å². The standard InChI is InChI=1S/C26H32N4O3S/c1-21-27-15-17-30(21)25-14-6-5-12-23(25)19-28-26(31)24-13-7-16-29(20-24)34(32,33)18-8-11-22-9-3-2-4-10-22/h2-6,9-10,12,14-15,17,24H,7-8,11,13,16,18-20H2,1H3,(H,28,31)/t24-/m0/s1. The Kier molecular flexibility index (Phi) is 7.80. The molecule has 0 saturated carbocycles. The molecule has 3 aromatic rings. The summed E-state index contributed by atoms with van der Waals surface area (Å²) in [7, 11) is -3.39. The lowest BCUT2D eigenvalue weighted by Gasteiger charge is -2.31. The van der Waals surface area contributed by atoms with Gasteiger partial charge in [0.25, 0.3) is 0 Å². The zero-order valence-corrected chi connectivity index (χ0v) is 20.4. The largest absolute Gasteiger partial charge is 0.352 e. The molecule has 1 atom stereocenters. The van der Waals surface area contributed by atoms with Crippen molar-refractivity contribution < 1.29 is 13.2 Å². The highest BCUT2D eigenvalue weighted by atomic mass is 32.2.